The lowest BCUT2D eigenvalue weighted by molar-refractivity contribution is 0.0730. The molecule has 0 atom stereocenters. The highest BCUT2D eigenvalue weighted by Gasteiger charge is 2.32. The summed E-state index contributed by atoms with van der Waals surface area (Å²) in [6.45, 7) is 7.36. The smallest absolute Gasteiger partial charge is 0.255 e. The van der Waals surface area contributed by atoms with Crippen LogP contribution in [-0.4, -0.2) is 54.7 Å². The van der Waals surface area contributed by atoms with Gasteiger partial charge in [-0.2, -0.15) is 9.40 Å². The summed E-state index contributed by atoms with van der Waals surface area (Å²) in [5, 5.41) is 7.39. The third kappa shape index (κ3) is 5.00. The number of amides is 1. The van der Waals surface area contributed by atoms with Crippen LogP contribution in [0.5, 0.6) is 0 Å². The van der Waals surface area contributed by atoms with E-state index in [2.05, 4.69) is 10.4 Å². The molecule has 2 heterocycles. The molecular formula is C24H28N4O4S. The van der Waals surface area contributed by atoms with Gasteiger partial charge < -0.3 is 10.1 Å². The summed E-state index contributed by atoms with van der Waals surface area (Å²) in [6.07, 6.45) is 0. The van der Waals surface area contributed by atoms with Crippen molar-refractivity contribution in [1.29, 1.82) is 0 Å². The highest BCUT2D eigenvalue weighted by molar-refractivity contribution is 7.89. The summed E-state index contributed by atoms with van der Waals surface area (Å²) in [5.74, 6) is -0.183. The minimum absolute atomic E-state index is 0.183. The number of carbonyl (C=O) groups is 1. The average Bonchev–Trinajstić information content (AvgIpc) is 3.08. The second-order valence-electron chi connectivity index (χ2n) is 8.19. The molecular weight excluding hydrogens is 440 g/mol. The number of ether oxygens (including phenoxy) is 1. The quantitative estimate of drug-likeness (QED) is 0.600. The van der Waals surface area contributed by atoms with E-state index in [1.807, 2.05) is 43.3 Å². The van der Waals surface area contributed by atoms with Crippen molar-refractivity contribution in [1.82, 2.24) is 14.1 Å². The molecule has 8 nitrogen and oxygen atoms in total. The standard InChI is InChI=1S/C24H28N4O4S/c1-17-5-4-6-22(15-17)25-24(29)21-9-7-20(8-10-21)16-28-19(3)23(18(2)26-28)33(30,31)27-11-13-32-14-12-27/h4-10,15H,11-14,16H2,1-3H3,(H,25,29). The van der Waals surface area contributed by atoms with Gasteiger partial charge in [-0.15, -0.1) is 0 Å². The minimum Gasteiger partial charge on any atom is -0.379 e. The summed E-state index contributed by atoms with van der Waals surface area (Å²) < 4.78 is 34.8. The molecule has 0 spiro atoms. The van der Waals surface area contributed by atoms with E-state index in [-0.39, 0.29) is 10.8 Å². The van der Waals surface area contributed by atoms with Gasteiger partial charge in [0.15, 0.2) is 0 Å². The maximum Gasteiger partial charge on any atom is 0.255 e. The second kappa shape index (κ2) is 9.46. The Bertz CT molecular complexity index is 1260. The van der Waals surface area contributed by atoms with Crippen LogP contribution in [0.3, 0.4) is 0 Å². The van der Waals surface area contributed by atoms with Crippen LogP contribution in [0.25, 0.3) is 0 Å². The fourth-order valence-corrected chi connectivity index (χ4v) is 5.77. The number of aromatic nitrogens is 2. The van der Waals surface area contributed by atoms with E-state index in [4.69, 9.17) is 4.74 Å². The molecule has 1 fully saturated rings. The zero-order chi connectivity index (χ0) is 23.6. The first-order valence-corrected chi connectivity index (χ1v) is 12.3. The van der Waals surface area contributed by atoms with E-state index in [1.54, 1.807) is 30.7 Å². The Labute approximate surface area is 194 Å². The third-order valence-electron chi connectivity index (χ3n) is 5.71. The molecule has 4 rings (SSSR count). The van der Waals surface area contributed by atoms with Gasteiger partial charge in [-0.25, -0.2) is 8.42 Å². The fraction of sp³-hybridized carbons (Fsp3) is 0.333. The van der Waals surface area contributed by atoms with Crippen LogP contribution in [0.2, 0.25) is 0 Å². The number of carbonyl (C=O) groups excluding carboxylic acids is 1. The highest BCUT2D eigenvalue weighted by Crippen LogP contribution is 2.25. The van der Waals surface area contributed by atoms with E-state index >= 15 is 0 Å². The van der Waals surface area contributed by atoms with Gasteiger partial charge in [0.25, 0.3) is 5.91 Å². The first kappa shape index (κ1) is 23.2. The molecule has 9 heteroatoms. The molecule has 1 N–H and O–H groups in total. The molecule has 1 saturated heterocycles. The molecule has 1 aromatic heterocycles. The molecule has 174 valence electrons. The van der Waals surface area contributed by atoms with Gasteiger partial charge >= 0.3 is 0 Å². The topological polar surface area (TPSA) is 93.5 Å². The van der Waals surface area contributed by atoms with Crippen LogP contribution in [0.4, 0.5) is 5.69 Å². The number of hydrogen-bond acceptors (Lipinski definition) is 5. The van der Waals surface area contributed by atoms with Crippen LogP contribution < -0.4 is 5.32 Å². The van der Waals surface area contributed by atoms with Crippen molar-refractivity contribution >= 4 is 21.6 Å². The van der Waals surface area contributed by atoms with Crippen LogP contribution in [0.1, 0.15) is 32.9 Å². The van der Waals surface area contributed by atoms with E-state index in [0.29, 0.717) is 49.8 Å². The number of sulfonamides is 1. The predicted octanol–water partition coefficient (Wildman–Crippen LogP) is 3.13. The number of rotatable bonds is 6. The van der Waals surface area contributed by atoms with Crippen molar-refractivity contribution in [3.63, 3.8) is 0 Å². The first-order chi connectivity index (χ1) is 15.8. The minimum atomic E-state index is -3.63. The van der Waals surface area contributed by atoms with Gasteiger partial charge in [0.05, 0.1) is 31.1 Å². The normalized spacial score (nSPS) is 14.9. The SMILES string of the molecule is Cc1cccc(NC(=O)c2ccc(Cn3nc(C)c(S(=O)(=O)N4CCOCC4)c3C)cc2)c1. The molecule has 1 aliphatic rings. The number of hydrogen-bond donors (Lipinski definition) is 1. The van der Waals surface area contributed by atoms with Crippen molar-refractivity contribution in [2.75, 3.05) is 31.6 Å². The van der Waals surface area contributed by atoms with E-state index in [9.17, 15) is 13.2 Å². The van der Waals surface area contributed by atoms with Crippen LogP contribution in [0.15, 0.2) is 53.4 Å². The zero-order valence-electron chi connectivity index (χ0n) is 19.0. The summed E-state index contributed by atoms with van der Waals surface area (Å²) in [6, 6.07) is 14.9. The largest absolute Gasteiger partial charge is 0.379 e. The number of anilines is 1. The van der Waals surface area contributed by atoms with Crippen LogP contribution in [-0.2, 0) is 21.3 Å². The van der Waals surface area contributed by atoms with Gasteiger partial charge in [-0.1, -0.05) is 24.3 Å². The number of nitrogens with zero attached hydrogens (tertiary/aromatic N) is 3. The lowest BCUT2D eigenvalue weighted by Crippen LogP contribution is -2.41. The molecule has 1 amide bonds. The highest BCUT2D eigenvalue weighted by atomic mass is 32.2. The zero-order valence-corrected chi connectivity index (χ0v) is 19.9. The Hall–Kier alpha value is -3.01. The van der Waals surface area contributed by atoms with E-state index in [0.717, 1.165) is 16.8 Å². The van der Waals surface area contributed by atoms with Crippen LogP contribution >= 0.6 is 0 Å². The molecule has 0 radical (unpaired) electrons. The van der Waals surface area contributed by atoms with Gasteiger partial charge in [0.2, 0.25) is 10.0 Å². The van der Waals surface area contributed by atoms with E-state index in [1.165, 1.54) is 4.31 Å². The average molecular weight is 469 g/mol. The predicted molar refractivity (Wildman–Crippen MR) is 126 cm³/mol. The van der Waals surface area contributed by atoms with Crippen LogP contribution in [0, 0.1) is 20.8 Å². The summed E-state index contributed by atoms with van der Waals surface area (Å²) in [4.78, 5) is 12.8. The Morgan fingerprint density at radius 1 is 1.06 bits per heavy atom. The third-order valence-corrected chi connectivity index (χ3v) is 7.86. The maximum atomic E-state index is 13.2. The van der Waals surface area contributed by atoms with Crippen molar-refractivity contribution in [2.45, 2.75) is 32.2 Å². The molecule has 0 saturated carbocycles. The molecule has 1 aliphatic heterocycles. The number of benzene rings is 2. The molecule has 3 aromatic rings. The monoisotopic (exact) mass is 468 g/mol. The van der Waals surface area contributed by atoms with Gasteiger partial charge in [-0.05, 0) is 56.2 Å². The molecule has 0 bridgehead atoms. The van der Waals surface area contributed by atoms with Crippen molar-refractivity contribution in [3.8, 4) is 0 Å². The summed E-state index contributed by atoms with van der Waals surface area (Å²) in [5.41, 5.74) is 4.37. The Balaban J connectivity index is 1.49. The van der Waals surface area contributed by atoms with Crippen molar-refractivity contribution in [3.05, 3.63) is 76.6 Å². The Morgan fingerprint density at radius 3 is 2.42 bits per heavy atom. The lowest BCUT2D eigenvalue weighted by atomic mass is 10.1. The van der Waals surface area contributed by atoms with Gasteiger partial charge in [0.1, 0.15) is 4.90 Å². The molecule has 0 aliphatic carbocycles. The lowest BCUT2D eigenvalue weighted by Gasteiger charge is -2.26. The fourth-order valence-electron chi connectivity index (χ4n) is 3.98. The Morgan fingerprint density at radius 2 is 1.76 bits per heavy atom. The van der Waals surface area contributed by atoms with Gasteiger partial charge in [-0.3, -0.25) is 9.48 Å². The molecule has 0 unspecified atom stereocenters. The first-order valence-electron chi connectivity index (χ1n) is 10.8. The summed E-state index contributed by atoms with van der Waals surface area (Å²) in [7, 11) is -3.63. The molecule has 2 aromatic carbocycles. The summed E-state index contributed by atoms with van der Waals surface area (Å²) >= 11 is 0. The molecule has 33 heavy (non-hydrogen) atoms. The van der Waals surface area contributed by atoms with E-state index < -0.39 is 10.0 Å². The van der Waals surface area contributed by atoms with Crippen molar-refractivity contribution < 1.29 is 17.9 Å². The van der Waals surface area contributed by atoms with Crippen molar-refractivity contribution in [2.24, 2.45) is 0 Å². The number of aryl methyl sites for hydroxylation is 2. The van der Waals surface area contributed by atoms with Gasteiger partial charge in [0, 0.05) is 24.3 Å². The maximum absolute atomic E-state index is 13.2. The second-order valence-corrected chi connectivity index (χ2v) is 10.1. The number of morpholine rings is 1. The number of nitrogens with one attached hydrogen (secondary N) is 1. The Kier molecular flexibility index (Phi) is 6.64.